The summed E-state index contributed by atoms with van der Waals surface area (Å²) in [6.45, 7) is 0.789. The number of likely N-dealkylation sites (tertiary alicyclic amines) is 1. The minimum absolute atomic E-state index is 0.0492. The smallest absolute Gasteiger partial charge is 0.417 e. The van der Waals surface area contributed by atoms with Crippen LogP contribution in [-0.4, -0.2) is 53.4 Å². The Morgan fingerprint density at radius 1 is 1.29 bits per heavy atom. The molecule has 2 atom stereocenters. The van der Waals surface area contributed by atoms with Gasteiger partial charge in [-0.25, -0.2) is 4.39 Å². The van der Waals surface area contributed by atoms with Gasteiger partial charge in [0, 0.05) is 22.1 Å². The third-order valence-corrected chi connectivity index (χ3v) is 7.85. The first-order valence-electron chi connectivity index (χ1n) is 11.1. The molecule has 0 radical (unpaired) electrons. The molecule has 34 heavy (non-hydrogen) atoms. The molecule has 1 N–H and O–H groups in total. The summed E-state index contributed by atoms with van der Waals surface area (Å²) in [7, 11) is 0. The molecule has 1 aliphatic heterocycles. The molecule has 0 aromatic heterocycles. The van der Waals surface area contributed by atoms with Crippen LogP contribution in [0.5, 0.6) is 5.75 Å². The Bertz CT molecular complexity index is 1020. The van der Waals surface area contributed by atoms with E-state index in [1.807, 2.05) is 6.92 Å². The maximum Gasteiger partial charge on any atom is 0.417 e. The van der Waals surface area contributed by atoms with Crippen LogP contribution >= 0.6 is 11.8 Å². The van der Waals surface area contributed by atoms with Gasteiger partial charge in [-0.05, 0) is 50.3 Å². The molecule has 0 spiro atoms. The van der Waals surface area contributed by atoms with Gasteiger partial charge in [-0.3, -0.25) is 9.59 Å². The lowest BCUT2D eigenvalue weighted by Gasteiger charge is -2.27. The lowest BCUT2D eigenvalue weighted by molar-refractivity contribution is -0.142. The van der Waals surface area contributed by atoms with Gasteiger partial charge in [0.15, 0.2) is 0 Å². The van der Waals surface area contributed by atoms with Crippen molar-refractivity contribution in [2.75, 3.05) is 19.8 Å². The first kappa shape index (κ1) is 24.6. The fraction of sp³-hybridized carbons (Fsp3) is 0.609. The number of benzene rings is 1. The van der Waals surface area contributed by atoms with Crippen molar-refractivity contribution in [3.63, 3.8) is 0 Å². The molecular weight excluding hydrogens is 474 g/mol. The minimum Gasteiger partial charge on any atom is -0.491 e. The molecule has 0 bridgehead atoms. The molecule has 3 fully saturated rings. The SMILES string of the molecule is CC1(C(=O)N2C[C@H](Sc3ccc(OCCF)cc3C(F)(F)F)C[C@H]2C(=O)NC2(C#N)CC2)CC1. The van der Waals surface area contributed by atoms with Crippen molar-refractivity contribution in [1.82, 2.24) is 10.2 Å². The van der Waals surface area contributed by atoms with Gasteiger partial charge in [0.1, 0.15) is 30.6 Å². The van der Waals surface area contributed by atoms with E-state index in [9.17, 15) is 32.4 Å². The van der Waals surface area contributed by atoms with Gasteiger partial charge in [0.25, 0.3) is 0 Å². The summed E-state index contributed by atoms with van der Waals surface area (Å²) < 4.78 is 58.5. The van der Waals surface area contributed by atoms with Crippen molar-refractivity contribution in [3.05, 3.63) is 23.8 Å². The fourth-order valence-corrected chi connectivity index (χ4v) is 5.39. The molecule has 11 heteroatoms. The predicted octanol–water partition coefficient (Wildman–Crippen LogP) is 4.09. The Kier molecular flexibility index (Phi) is 6.48. The van der Waals surface area contributed by atoms with Crippen LogP contribution in [-0.2, 0) is 15.8 Å². The molecule has 1 aromatic rings. The fourth-order valence-electron chi connectivity index (χ4n) is 4.07. The van der Waals surface area contributed by atoms with E-state index in [2.05, 4.69) is 11.4 Å². The molecular formula is C23H25F4N3O3S. The van der Waals surface area contributed by atoms with Gasteiger partial charge >= 0.3 is 6.18 Å². The molecule has 0 unspecified atom stereocenters. The van der Waals surface area contributed by atoms with Crippen LogP contribution < -0.4 is 10.1 Å². The molecule has 2 amide bonds. The third kappa shape index (κ3) is 5.11. The summed E-state index contributed by atoms with van der Waals surface area (Å²) in [5.74, 6) is -0.697. The van der Waals surface area contributed by atoms with Crippen LogP contribution in [0.4, 0.5) is 17.6 Å². The van der Waals surface area contributed by atoms with E-state index in [1.54, 1.807) is 0 Å². The molecule has 184 valence electrons. The van der Waals surface area contributed by atoms with Crippen molar-refractivity contribution in [3.8, 4) is 11.8 Å². The second-order valence-corrected chi connectivity index (χ2v) is 10.7. The second kappa shape index (κ2) is 8.95. The molecule has 3 aliphatic rings. The minimum atomic E-state index is -4.66. The number of hydrogen-bond donors (Lipinski definition) is 1. The highest BCUT2D eigenvalue weighted by Crippen LogP contribution is 2.49. The lowest BCUT2D eigenvalue weighted by Crippen LogP contribution is -2.50. The molecule has 4 rings (SSSR count). The number of amides is 2. The Balaban J connectivity index is 1.54. The zero-order chi connectivity index (χ0) is 24.7. The van der Waals surface area contributed by atoms with Gasteiger partial charge in [-0.15, -0.1) is 11.8 Å². The Labute approximate surface area is 199 Å². The van der Waals surface area contributed by atoms with Crippen LogP contribution in [0.1, 0.15) is 44.6 Å². The number of nitrogens with one attached hydrogen (secondary N) is 1. The largest absolute Gasteiger partial charge is 0.491 e. The highest BCUT2D eigenvalue weighted by atomic mass is 32.2. The predicted molar refractivity (Wildman–Crippen MR) is 116 cm³/mol. The molecule has 2 saturated carbocycles. The van der Waals surface area contributed by atoms with Crippen LogP contribution in [0.2, 0.25) is 0 Å². The van der Waals surface area contributed by atoms with Crippen molar-refractivity contribution in [2.24, 2.45) is 5.41 Å². The maximum absolute atomic E-state index is 13.7. The van der Waals surface area contributed by atoms with Crippen LogP contribution in [0, 0.1) is 16.7 Å². The average molecular weight is 500 g/mol. The highest BCUT2D eigenvalue weighted by molar-refractivity contribution is 8.00. The maximum atomic E-state index is 13.7. The Morgan fingerprint density at radius 2 is 2.00 bits per heavy atom. The molecule has 1 heterocycles. The van der Waals surface area contributed by atoms with Gasteiger partial charge in [0.2, 0.25) is 11.8 Å². The van der Waals surface area contributed by atoms with Crippen molar-refractivity contribution >= 4 is 23.6 Å². The summed E-state index contributed by atoms with van der Waals surface area (Å²) in [6.07, 6.45) is -1.99. The van der Waals surface area contributed by atoms with E-state index in [0.717, 1.165) is 17.8 Å². The number of hydrogen-bond acceptors (Lipinski definition) is 5. The van der Waals surface area contributed by atoms with Crippen LogP contribution in [0.25, 0.3) is 0 Å². The van der Waals surface area contributed by atoms with Crippen molar-refractivity contribution in [1.29, 1.82) is 5.26 Å². The molecule has 1 aromatic carbocycles. The highest BCUT2D eigenvalue weighted by Gasteiger charge is 2.53. The molecule has 2 aliphatic carbocycles. The molecule has 1 saturated heterocycles. The van der Waals surface area contributed by atoms with E-state index < -0.39 is 46.6 Å². The summed E-state index contributed by atoms with van der Waals surface area (Å²) in [5, 5.41) is 11.6. The van der Waals surface area contributed by atoms with E-state index in [0.29, 0.717) is 25.7 Å². The first-order valence-corrected chi connectivity index (χ1v) is 12.0. The third-order valence-electron chi connectivity index (χ3n) is 6.56. The van der Waals surface area contributed by atoms with Gasteiger partial charge < -0.3 is 15.0 Å². The standard InChI is InChI=1S/C23H25F4N3O3S/c1-21(4-5-21)20(32)30-12-15(11-17(30)19(31)29-22(13-28)6-7-22)34-18-3-2-14(33-9-8-24)10-16(18)23(25,26)27/h2-3,10,15,17H,4-9,11-12H2,1H3,(H,29,31)/t15-,17+/m1/s1. The van der Waals surface area contributed by atoms with Gasteiger partial charge in [-0.2, -0.15) is 18.4 Å². The van der Waals surface area contributed by atoms with E-state index in [1.165, 1.54) is 17.0 Å². The quantitative estimate of drug-likeness (QED) is 0.545. The average Bonchev–Trinajstić information content (AvgIpc) is 3.70. The first-order chi connectivity index (χ1) is 16.0. The number of thioether (sulfide) groups is 1. The van der Waals surface area contributed by atoms with E-state index in [4.69, 9.17) is 4.74 Å². The second-order valence-electron chi connectivity index (χ2n) is 9.39. The van der Waals surface area contributed by atoms with E-state index >= 15 is 0 Å². The zero-order valence-corrected chi connectivity index (χ0v) is 19.4. The van der Waals surface area contributed by atoms with E-state index in [-0.39, 0.29) is 36.1 Å². The number of alkyl halides is 4. The number of nitrogens with zero attached hydrogens (tertiary/aromatic N) is 2. The lowest BCUT2D eigenvalue weighted by atomic mass is 10.1. The number of halogens is 4. The summed E-state index contributed by atoms with van der Waals surface area (Å²) in [5.41, 5.74) is -2.36. The topological polar surface area (TPSA) is 82.4 Å². The summed E-state index contributed by atoms with van der Waals surface area (Å²) in [6, 6.07) is 4.72. The van der Waals surface area contributed by atoms with Gasteiger partial charge in [0.05, 0.1) is 11.6 Å². The van der Waals surface area contributed by atoms with Gasteiger partial charge in [-0.1, -0.05) is 6.92 Å². The Morgan fingerprint density at radius 3 is 2.56 bits per heavy atom. The normalized spacial score (nSPS) is 24.3. The summed E-state index contributed by atoms with van der Waals surface area (Å²) >= 11 is 0.961. The van der Waals surface area contributed by atoms with Crippen molar-refractivity contribution < 1.29 is 31.9 Å². The number of nitriles is 1. The zero-order valence-electron chi connectivity index (χ0n) is 18.6. The number of carbonyl (C=O) groups is 2. The molecule has 6 nitrogen and oxygen atoms in total. The Hall–Kier alpha value is -2.48. The van der Waals surface area contributed by atoms with Crippen LogP contribution in [0.3, 0.4) is 0 Å². The number of ether oxygens (including phenoxy) is 1. The number of rotatable bonds is 8. The van der Waals surface area contributed by atoms with Crippen LogP contribution in [0.15, 0.2) is 23.1 Å². The number of carbonyl (C=O) groups excluding carboxylic acids is 2. The van der Waals surface area contributed by atoms with Crippen molar-refractivity contribution in [2.45, 2.75) is 66.9 Å². The monoisotopic (exact) mass is 499 g/mol. The summed E-state index contributed by atoms with van der Waals surface area (Å²) in [4.78, 5) is 27.5.